The monoisotopic (exact) mass is 936 g/mol. The number of halogens is 5. The van der Waals surface area contributed by atoms with Crippen molar-refractivity contribution < 1.29 is 51.0 Å². The molecule has 0 fully saturated rings. The Morgan fingerprint density at radius 3 is 1.67 bits per heavy atom. The highest BCUT2D eigenvalue weighted by molar-refractivity contribution is 6.02. The molecule has 17 nitrogen and oxygen atoms in total. The van der Waals surface area contributed by atoms with Crippen LogP contribution in [0.2, 0.25) is 0 Å². The Balaban J connectivity index is 0.000000200. The molecule has 0 aliphatic carbocycles. The molecule has 0 saturated heterocycles. The molecule has 3 N–H and O–H groups in total. The van der Waals surface area contributed by atoms with E-state index in [2.05, 4.69) is 30.2 Å². The Labute approximate surface area is 381 Å². The van der Waals surface area contributed by atoms with Crippen LogP contribution in [0.5, 0.6) is 11.5 Å². The molecular weight excluding hydrogens is 892 g/mol. The Hall–Kier alpha value is -7.39. The van der Waals surface area contributed by atoms with Crippen LogP contribution in [0.15, 0.2) is 97.6 Å². The van der Waals surface area contributed by atoms with Gasteiger partial charge in [-0.15, -0.1) is 12.4 Å². The summed E-state index contributed by atoms with van der Waals surface area (Å²) >= 11 is 0. The Morgan fingerprint density at radius 1 is 0.712 bits per heavy atom. The van der Waals surface area contributed by atoms with Crippen molar-refractivity contribution >= 4 is 47.7 Å². The lowest BCUT2D eigenvalue weighted by atomic mass is 10.1. The molecular formula is C44H45ClF4N10O7. The van der Waals surface area contributed by atoms with Crippen molar-refractivity contribution in [1.29, 1.82) is 0 Å². The first-order chi connectivity index (χ1) is 31.0. The molecule has 6 heterocycles. The molecule has 2 aliphatic heterocycles. The van der Waals surface area contributed by atoms with Crippen LogP contribution >= 0.6 is 12.4 Å². The van der Waals surface area contributed by atoms with Crippen LogP contribution in [0.1, 0.15) is 52.9 Å². The van der Waals surface area contributed by atoms with E-state index < -0.39 is 53.3 Å². The van der Waals surface area contributed by atoms with Crippen molar-refractivity contribution in [2.45, 2.75) is 58.2 Å². The third-order valence-electron chi connectivity index (χ3n) is 9.87. The number of hydrogen-bond acceptors (Lipinski definition) is 12. The number of benzene rings is 2. The minimum absolute atomic E-state index is 0. The van der Waals surface area contributed by atoms with Gasteiger partial charge in [-0.05, 0) is 80.4 Å². The van der Waals surface area contributed by atoms with Crippen molar-refractivity contribution in [2.75, 3.05) is 30.5 Å². The van der Waals surface area contributed by atoms with Gasteiger partial charge >= 0.3 is 5.97 Å². The Bertz CT molecular complexity index is 2650. The minimum atomic E-state index is -1.08. The van der Waals surface area contributed by atoms with E-state index >= 15 is 0 Å². The predicted molar refractivity (Wildman–Crippen MR) is 233 cm³/mol. The number of ether oxygens (including phenoxy) is 3. The average Bonchev–Trinajstić information content (AvgIpc) is 3.82. The molecule has 66 heavy (non-hydrogen) atoms. The van der Waals surface area contributed by atoms with E-state index in [1.165, 1.54) is 56.7 Å². The molecule has 0 unspecified atom stereocenters. The van der Waals surface area contributed by atoms with E-state index in [0.717, 1.165) is 18.0 Å². The van der Waals surface area contributed by atoms with Crippen molar-refractivity contribution in [2.24, 2.45) is 5.73 Å². The number of aromatic nitrogens is 6. The molecule has 0 spiro atoms. The van der Waals surface area contributed by atoms with Gasteiger partial charge in [0.15, 0.2) is 40.5 Å². The summed E-state index contributed by atoms with van der Waals surface area (Å²) in [6.07, 6.45) is 4.25. The smallest absolute Gasteiger partial charge is 0.361 e. The van der Waals surface area contributed by atoms with Gasteiger partial charge in [-0.3, -0.25) is 33.5 Å². The van der Waals surface area contributed by atoms with Gasteiger partial charge in [0.25, 0.3) is 11.8 Å². The Kier molecular flexibility index (Phi) is 16.5. The van der Waals surface area contributed by atoms with Gasteiger partial charge in [-0.2, -0.15) is 10.2 Å². The number of amides is 3. The molecule has 3 amide bonds. The van der Waals surface area contributed by atoms with Crippen molar-refractivity contribution in [3.05, 3.63) is 143 Å². The van der Waals surface area contributed by atoms with Crippen molar-refractivity contribution in [3.63, 3.8) is 0 Å². The van der Waals surface area contributed by atoms with Gasteiger partial charge in [0.05, 0.1) is 32.1 Å². The highest BCUT2D eigenvalue weighted by Gasteiger charge is 2.37. The summed E-state index contributed by atoms with van der Waals surface area (Å²) in [5.74, 6) is -2.75. The lowest BCUT2D eigenvalue weighted by Gasteiger charge is -2.23. The standard InChI is InChI=1S/C21H19F2N5O3.C13H12F2N2O2.C10H13N3O2.ClH/c1-12-17(21(30)27(2)19-16(31-12)4-3-9-24-19)25-20(29)18-15(23)11-28(26-18)10-13-5-7-14(22)8-6-13;1-2-19-13(18)12-11(15)8-17(16-12)7-9-3-5-10(14)6-4-9;1-6-8(11)10(14)13(2)9-7(15-6)4-3-5-12-9;/h3-9,11-12,17H,10H2,1-2H3,(H,25,29);3-6,8H,2,7H2,1H3;3-6,8H,11H2,1-2H3;1H/t12-,17+;;6-,8+;/m1.1./s1. The Morgan fingerprint density at radius 2 is 1.17 bits per heavy atom. The maximum atomic E-state index is 14.4. The zero-order valence-electron chi connectivity index (χ0n) is 36.1. The number of fused-ring (bicyclic) bond motifs is 2. The number of pyridine rings is 2. The molecule has 2 aliphatic rings. The predicted octanol–water partition coefficient (Wildman–Crippen LogP) is 5.11. The maximum absolute atomic E-state index is 14.4. The van der Waals surface area contributed by atoms with Crippen LogP contribution < -0.4 is 30.3 Å². The van der Waals surface area contributed by atoms with Crippen molar-refractivity contribution in [1.82, 2.24) is 34.8 Å². The summed E-state index contributed by atoms with van der Waals surface area (Å²) in [7, 11) is 3.17. The third kappa shape index (κ3) is 11.8. The lowest BCUT2D eigenvalue weighted by Crippen LogP contribution is -2.53. The summed E-state index contributed by atoms with van der Waals surface area (Å²) in [6, 6.07) is 16.6. The fraction of sp³-hybridized carbons (Fsp3) is 0.273. The number of esters is 1. The van der Waals surface area contributed by atoms with E-state index in [1.54, 1.807) is 82.5 Å². The molecule has 6 aromatic rings. The number of carbonyl (C=O) groups excluding carboxylic acids is 4. The van der Waals surface area contributed by atoms with Crippen LogP contribution in [0, 0.1) is 23.3 Å². The van der Waals surface area contributed by atoms with E-state index in [9.17, 15) is 36.7 Å². The zero-order valence-corrected chi connectivity index (χ0v) is 36.9. The quantitative estimate of drug-likeness (QED) is 0.151. The number of nitrogens with zero attached hydrogens (tertiary/aromatic N) is 8. The van der Waals surface area contributed by atoms with Gasteiger partial charge in [0.2, 0.25) is 11.6 Å². The lowest BCUT2D eigenvalue weighted by molar-refractivity contribution is -0.122. The van der Waals surface area contributed by atoms with Crippen LogP contribution in [0.3, 0.4) is 0 Å². The highest BCUT2D eigenvalue weighted by Crippen LogP contribution is 2.30. The van der Waals surface area contributed by atoms with E-state index in [4.69, 9.17) is 15.2 Å². The summed E-state index contributed by atoms with van der Waals surface area (Å²) in [6.45, 7) is 5.59. The fourth-order valence-electron chi connectivity index (χ4n) is 6.43. The fourth-order valence-corrected chi connectivity index (χ4v) is 6.43. The molecule has 348 valence electrons. The van der Waals surface area contributed by atoms with Gasteiger partial charge in [0, 0.05) is 26.5 Å². The van der Waals surface area contributed by atoms with Gasteiger partial charge in [0.1, 0.15) is 35.9 Å². The molecule has 2 aromatic carbocycles. The van der Waals surface area contributed by atoms with Gasteiger partial charge in [-0.25, -0.2) is 32.3 Å². The molecule has 4 aromatic heterocycles. The number of hydrogen-bond donors (Lipinski definition) is 2. The number of rotatable bonds is 8. The van der Waals surface area contributed by atoms with Crippen LogP contribution in [-0.4, -0.2) is 98.2 Å². The topological polar surface area (TPSA) is 202 Å². The zero-order chi connectivity index (χ0) is 46.9. The van der Waals surface area contributed by atoms with E-state index in [-0.39, 0.29) is 61.4 Å². The maximum Gasteiger partial charge on any atom is 0.361 e. The molecule has 0 radical (unpaired) electrons. The molecule has 8 rings (SSSR count). The van der Waals surface area contributed by atoms with E-state index in [0.29, 0.717) is 28.7 Å². The second-order valence-corrected chi connectivity index (χ2v) is 14.6. The number of likely N-dealkylation sites (N-methyl/N-ethyl adjacent to an activating group) is 2. The third-order valence-corrected chi connectivity index (χ3v) is 9.87. The van der Waals surface area contributed by atoms with Gasteiger partial charge in [-0.1, -0.05) is 24.3 Å². The van der Waals surface area contributed by atoms with Crippen LogP contribution in [0.25, 0.3) is 0 Å². The summed E-state index contributed by atoms with van der Waals surface area (Å²) in [4.78, 5) is 59.8. The van der Waals surface area contributed by atoms with E-state index in [1.807, 2.05) is 0 Å². The summed E-state index contributed by atoms with van der Waals surface area (Å²) < 4.78 is 72.2. The SMILES string of the molecule is CCOC(=O)c1nn(Cc2ccc(F)cc2)cc1F.C[C@H]1Oc2cccnc2N(C)C(=O)[C@H]1N.C[C@H]1Oc2cccnc2N(C)C(=O)[C@H]1NC(=O)c1nn(Cc2ccc(F)cc2)cc1F.Cl. The second kappa shape index (κ2) is 22.0. The highest BCUT2D eigenvalue weighted by atomic mass is 35.5. The first-order valence-electron chi connectivity index (χ1n) is 20.0. The largest absolute Gasteiger partial charge is 0.485 e. The number of nitrogens with one attached hydrogen (secondary N) is 1. The molecule has 0 bridgehead atoms. The van der Waals surface area contributed by atoms with Gasteiger partial charge < -0.3 is 25.3 Å². The number of nitrogens with two attached hydrogens (primary N) is 1. The number of carbonyl (C=O) groups is 4. The summed E-state index contributed by atoms with van der Waals surface area (Å²) in [5.41, 5.74) is 6.38. The molecule has 0 saturated carbocycles. The summed E-state index contributed by atoms with van der Waals surface area (Å²) in [5, 5.41) is 10.3. The van der Waals surface area contributed by atoms with Crippen LogP contribution in [0.4, 0.5) is 29.2 Å². The normalized spacial score (nSPS) is 17.4. The molecule has 4 atom stereocenters. The van der Waals surface area contributed by atoms with Crippen LogP contribution in [-0.2, 0) is 27.4 Å². The second-order valence-electron chi connectivity index (χ2n) is 14.6. The van der Waals surface area contributed by atoms with Crippen molar-refractivity contribution in [3.8, 4) is 11.5 Å². The molecule has 22 heteroatoms. The number of anilines is 2. The average molecular weight is 937 g/mol. The minimum Gasteiger partial charge on any atom is -0.485 e. The first-order valence-corrected chi connectivity index (χ1v) is 20.0. The first kappa shape index (κ1) is 49.6.